The summed E-state index contributed by atoms with van der Waals surface area (Å²) in [5, 5.41) is 7.00. The molecule has 0 aliphatic carbocycles. The highest BCUT2D eigenvalue weighted by atomic mass is 16.5. The van der Waals surface area contributed by atoms with E-state index in [4.69, 9.17) is 10.5 Å². The Kier molecular flexibility index (Phi) is 8.06. The number of aromatic nitrogens is 2. The molecule has 146 valence electrons. The van der Waals surface area contributed by atoms with Crippen molar-refractivity contribution in [3.8, 4) is 0 Å². The third-order valence-corrected chi connectivity index (χ3v) is 4.34. The third-order valence-electron chi connectivity index (χ3n) is 4.34. The number of rotatable bonds is 9. The summed E-state index contributed by atoms with van der Waals surface area (Å²) in [6.07, 6.45) is 7.76. The molecule has 1 aliphatic heterocycles. The second-order valence-corrected chi connectivity index (χ2v) is 6.98. The van der Waals surface area contributed by atoms with E-state index >= 15 is 0 Å². The highest BCUT2D eigenvalue weighted by molar-refractivity contribution is 5.90. The summed E-state index contributed by atoms with van der Waals surface area (Å²) in [5.41, 5.74) is 6.07. The molecule has 8 heteroatoms. The Balaban J connectivity index is 1.74. The van der Waals surface area contributed by atoms with Gasteiger partial charge in [0.15, 0.2) is 0 Å². The van der Waals surface area contributed by atoms with E-state index in [1.54, 1.807) is 22.0 Å². The number of hydrogen-bond acceptors (Lipinski definition) is 5. The first-order chi connectivity index (χ1) is 12.5. The van der Waals surface area contributed by atoms with E-state index < -0.39 is 0 Å². The van der Waals surface area contributed by atoms with Crippen LogP contribution in [0.2, 0.25) is 0 Å². The van der Waals surface area contributed by atoms with Gasteiger partial charge in [0, 0.05) is 25.7 Å². The first kappa shape index (κ1) is 20.4. The number of nitrogens with zero attached hydrogens (tertiary/aromatic N) is 3. The highest BCUT2D eigenvalue weighted by Crippen LogP contribution is 2.12. The van der Waals surface area contributed by atoms with Crippen molar-refractivity contribution in [3.05, 3.63) is 12.4 Å². The van der Waals surface area contributed by atoms with E-state index in [-0.39, 0.29) is 30.6 Å². The zero-order valence-electron chi connectivity index (χ0n) is 15.8. The van der Waals surface area contributed by atoms with Gasteiger partial charge in [0.25, 0.3) is 0 Å². The third kappa shape index (κ3) is 6.76. The fraction of sp³-hybridized carbons (Fsp3) is 0.722. The average molecular weight is 365 g/mol. The van der Waals surface area contributed by atoms with E-state index in [2.05, 4.69) is 10.4 Å². The zero-order chi connectivity index (χ0) is 18.9. The Bertz CT molecular complexity index is 579. The van der Waals surface area contributed by atoms with Crippen molar-refractivity contribution < 1.29 is 14.3 Å². The van der Waals surface area contributed by atoms with Crippen LogP contribution in [0.4, 0.5) is 5.69 Å². The number of nitrogens with one attached hydrogen (secondary N) is 1. The van der Waals surface area contributed by atoms with Gasteiger partial charge in [-0.05, 0) is 33.2 Å². The number of anilines is 1. The molecule has 0 aromatic carbocycles. The second kappa shape index (κ2) is 10.3. The Morgan fingerprint density at radius 3 is 2.62 bits per heavy atom. The van der Waals surface area contributed by atoms with E-state index in [9.17, 15) is 9.59 Å². The minimum Gasteiger partial charge on any atom is -0.372 e. The zero-order valence-corrected chi connectivity index (χ0v) is 15.8. The normalized spacial score (nSPS) is 20.2. The quantitative estimate of drug-likeness (QED) is 0.644. The minimum atomic E-state index is -0.0283. The Hall–Kier alpha value is -1.93. The number of nitrogens with two attached hydrogens (primary N) is 1. The van der Waals surface area contributed by atoms with Crippen LogP contribution < -0.4 is 11.1 Å². The molecule has 1 saturated heterocycles. The molecule has 2 unspecified atom stereocenters. The van der Waals surface area contributed by atoms with Gasteiger partial charge in [0.1, 0.15) is 6.54 Å². The van der Waals surface area contributed by atoms with Gasteiger partial charge in [-0.25, -0.2) is 0 Å². The van der Waals surface area contributed by atoms with E-state index in [1.165, 1.54) is 0 Å². The smallest absolute Gasteiger partial charge is 0.244 e. The van der Waals surface area contributed by atoms with Crippen LogP contribution in [0.15, 0.2) is 12.4 Å². The number of amides is 2. The molecule has 2 atom stereocenters. The van der Waals surface area contributed by atoms with Crippen molar-refractivity contribution in [1.29, 1.82) is 0 Å². The monoisotopic (exact) mass is 365 g/mol. The van der Waals surface area contributed by atoms with Crippen molar-refractivity contribution in [2.24, 2.45) is 5.73 Å². The molecule has 1 aromatic heterocycles. The summed E-state index contributed by atoms with van der Waals surface area (Å²) in [7, 11) is 0. The minimum absolute atomic E-state index is 0.00730. The topological polar surface area (TPSA) is 102 Å². The van der Waals surface area contributed by atoms with Crippen molar-refractivity contribution in [2.75, 3.05) is 25.0 Å². The standard InChI is InChI=1S/C18H31N5O3/c1-14-10-22(11-15(2)26-14)18(25)13-23-12-16(9-20-23)21-17(24)7-5-3-4-6-8-19/h9,12,14-15H,3-8,10-11,13,19H2,1-2H3,(H,21,24). The Morgan fingerprint density at radius 1 is 1.23 bits per heavy atom. The van der Waals surface area contributed by atoms with Crippen LogP contribution in [0.1, 0.15) is 46.0 Å². The predicted molar refractivity (Wildman–Crippen MR) is 99.6 cm³/mol. The lowest BCUT2D eigenvalue weighted by Crippen LogP contribution is -2.49. The molecule has 1 aliphatic rings. The lowest BCUT2D eigenvalue weighted by atomic mass is 10.1. The summed E-state index contributed by atoms with van der Waals surface area (Å²) in [6.45, 7) is 5.98. The molecule has 2 heterocycles. The molecular weight excluding hydrogens is 334 g/mol. The van der Waals surface area contributed by atoms with Gasteiger partial charge in [-0.15, -0.1) is 0 Å². The average Bonchev–Trinajstić information content (AvgIpc) is 3.00. The van der Waals surface area contributed by atoms with Crippen LogP contribution in [-0.2, 0) is 20.9 Å². The van der Waals surface area contributed by atoms with Crippen molar-refractivity contribution >= 4 is 17.5 Å². The lowest BCUT2D eigenvalue weighted by Gasteiger charge is -2.35. The van der Waals surface area contributed by atoms with Gasteiger partial charge in [-0.3, -0.25) is 14.3 Å². The summed E-state index contributed by atoms with van der Waals surface area (Å²) in [6, 6.07) is 0. The van der Waals surface area contributed by atoms with E-state index in [0.29, 0.717) is 31.7 Å². The van der Waals surface area contributed by atoms with Crippen molar-refractivity contribution in [3.63, 3.8) is 0 Å². The van der Waals surface area contributed by atoms with Crippen LogP contribution in [0.25, 0.3) is 0 Å². The fourth-order valence-corrected chi connectivity index (χ4v) is 3.14. The second-order valence-electron chi connectivity index (χ2n) is 6.98. The molecule has 8 nitrogen and oxygen atoms in total. The van der Waals surface area contributed by atoms with Gasteiger partial charge in [-0.1, -0.05) is 12.8 Å². The van der Waals surface area contributed by atoms with Crippen LogP contribution in [0.5, 0.6) is 0 Å². The largest absolute Gasteiger partial charge is 0.372 e. The number of carbonyl (C=O) groups excluding carboxylic acids is 2. The fourth-order valence-electron chi connectivity index (χ4n) is 3.14. The van der Waals surface area contributed by atoms with Crippen LogP contribution >= 0.6 is 0 Å². The van der Waals surface area contributed by atoms with E-state index in [0.717, 1.165) is 25.7 Å². The molecule has 1 fully saturated rings. The van der Waals surface area contributed by atoms with Crippen LogP contribution in [0, 0.1) is 0 Å². The lowest BCUT2D eigenvalue weighted by molar-refractivity contribution is -0.144. The van der Waals surface area contributed by atoms with E-state index in [1.807, 2.05) is 13.8 Å². The molecule has 1 aromatic rings. The predicted octanol–water partition coefficient (Wildman–Crippen LogP) is 1.37. The number of unbranched alkanes of at least 4 members (excludes halogenated alkanes) is 3. The molecule has 2 rings (SSSR count). The maximum Gasteiger partial charge on any atom is 0.244 e. The Labute approximate surface area is 155 Å². The molecule has 0 radical (unpaired) electrons. The Morgan fingerprint density at radius 2 is 1.92 bits per heavy atom. The molecule has 0 saturated carbocycles. The number of ether oxygens (including phenoxy) is 1. The number of carbonyl (C=O) groups is 2. The van der Waals surface area contributed by atoms with Gasteiger partial charge in [-0.2, -0.15) is 5.10 Å². The maximum absolute atomic E-state index is 12.4. The molecular formula is C18H31N5O3. The SMILES string of the molecule is CC1CN(C(=O)Cn2cc(NC(=O)CCCCCCN)cn2)CC(C)O1. The maximum atomic E-state index is 12.4. The number of morpholine rings is 1. The summed E-state index contributed by atoms with van der Waals surface area (Å²) >= 11 is 0. The molecule has 0 bridgehead atoms. The summed E-state index contributed by atoms with van der Waals surface area (Å²) in [4.78, 5) is 26.2. The molecule has 2 amide bonds. The first-order valence-electron chi connectivity index (χ1n) is 9.43. The molecule has 26 heavy (non-hydrogen) atoms. The van der Waals surface area contributed by atoms with Crippen molar-refractivity contribution in [2.45, 2.75) is 64.7 Å². The first-order valence-corrected chi connectivity index (χ1v) is 9.43. The molecule has 3 N–H and O–H groups in total. The number of hydrogen-bond donors (Lipinski definition) is 2. The summed E-state index contributed by atoms with van der Waals surface area (Å²) in [5.74, 6) is -0.0210. The van der Waals surface area contributed by atoms with Crippen LogP contribution in [0.3, 0.4) is 0 Å². The summed E-state index contributed by atoms with van der Waals surface area (Å²) < 4.78 is 7.21. The highest BCUT2D eigenvalue weighted by Gasteiger charge is 2.26. The molecule has 0 spiro atoms. The van der Waals surface area contributed by atoms with Crippen molar-refractivity contribution in [1.82, 2.24) is 14.7 Å². The van der Waals surface area contributed by atoms with Gasteiger partial charge in [0.05, 0.1) is 24.1 Å². The van der Waals surface area contributed by atoms with Gasteiger partial charge in [0.2, 0.25) is 11.8 Å². The van der Waals surface area contributed by atoms with Gasteiger partial charge >= 0.3 is 0 Å². The van der Waals surface area contributed by atoms with Gasteiger partial charge < -0.3 is 20.7 Å². The van der Waals surface area contributed by atoms with Crippen LogP contribution in [-0.4, -0.2) is 58.3 Å².